The van der Waals surface area contributed by atoms with Crippen LogP contribution in [0.5, 0.6) is 0 Å². The molecule has 0 aliphatic rings. The van der Waals surface area contributed by atoms with Gasteiger partial charge in [-0.1, -0.05) is 12.5 Å². The number of hydrogen-bond acceptors (Lipinski definition) is 1. The molecule has 0 heterocycles. The third kappa shape index (κ3) is 2.81. The van der Waals surface area contributed by atoms with Crippen LogP contribution in [0.4, 0.5) is 0 Å². The monoisotopic (exact) mass is 371 g/mol. The Labute approximate surface area is 90.6 Å². The molecule has 0 saturated heterocycles. The van der Waals surface area contributed by atoms with Gasteiger partial charge in [0.05, 0.1) is 6.29 Å². The van der Waals surface area contributed by atoms with Crippen molar-refractivity contribution in [2.24, 2.45) is 0 Å². The molecule has 1 rings (SSSR count). The second-order valence-electron chi connectivity index (χ2n) is 2.40. The minimum Gasteiger partial charge on any atom is -0.376 e. The van der Waals surface area contributed by atoms with E-state index in [4.69, 9.17) is 0 Å². The van der Waals surface area contributed by atoms with Gasteiger partial charge in [0.25, 0.3) is 0 Å². The molecule has 0 unspecified atom stereocenters. The van der Waals surface area contributed by atoms with Gasteiger partial charge in [0.1, 0.15) is 0 Å². The minimum absolute atomic E-state index is 0. The second-order valence-corrected chi connectivity index (χ2v) is 2.40. The Kier molecular flexibility index (Phi) is 4.72. The van der Waals surface area contributed by atoms with E-state index in [1.165, 1.54) is 5.56 Å². The molecule has 2 heteroatoms. The summed E-state index contributed by atoms with van der Waals surface area (Å²) in [6.45, 7) is 4.00. The van der Waals surface area contributed by atoms with Crippen molar-refractivity contribution < 1.29 is 35.9 Å². The number of carbonyl (C=O) groups excluding carboxylic acids is 1. The van der Waals surface area contributed by atoms with E-state index in [1.807, 2.05) is 32.3 Å². The molecule has 0 spiro atoms. The molecule has 0 N–H and O–H groups in total. The van der Waals surface area contributed by atoms with E-state index in [0.717, 1.165) is 5.56 Å². The van der Waals surface area contributed by atoms with E-state index in [9.17, 15) is 4.79 Å². The van der Waals surface area contributed by atoms with Crippen molar-refractivity contribution in [1.82, 2.24) is 0 Å². The Morgan fingerprint density at radius 3 is 2.27 bits per heavy atom. The molecule has 0 fully saturated rings. The van der Waals surface area contributed by atoms with Gasteiger partial charge in [-0.15, -0.1) is 11.6 Å². The Morgan fingerprint density at radius 2 is 1.82 bits per heavy atom. The molecule has 0 radical (unpaired) electrons. The summed E-state index contributed by atoms with van der Waals surface area (Å²) in [7, 11) is 0. The summed E-state index contributed by atoms with van der Waals surface area (Å²) in [4.78, 5) is 10.1. The van der Waals surface area contributed by atoms with Crippen molar-refractivity contribution in [2.75, 3.05) is 0 Å². The summed E-state index contributed by atoms with van der Waals surface area (Å²) in [6, 6.07) is 5.53. The predicted octanol–water partition coefficient (Wildman–Crippen LogP) is 1.76. The maximum absolute atomic E-state index is 10.1. The van der Waals surface area contributed by atoms with Crippen molar-refractivity contribution in [3.05, 3.63) is 34.9 Å². The average Bonchev–Trinajstić information content (AvgIpc) is 1.95. The molecule has 0 aliphatic heterocycles. The summed E-state index contributed by atoms with van der Waals surface area (Å²) in [5, 5.41) is 0. The van der Waals surface area contributed by atoms with Crippen LogP contribution in [0.15, 0.2) is 18.2 Å². The van der Waals surface area contributed by atoms with Gasteiger partial charge in [-0.05, 0) is 6.92 Å². The summed E-state index contributed by atoms with van der Waals surface area (Å²) < 4.78 is 0. The molecule has 0 atom stereocenters. The number of rotatable bonds is 1. The molecule has 0 bridgehead atoms. The summed E-state index contributed by atoms with van der Waals surface area (Å²) in [6.07, 6.45) is 1.85. The Hall–Kier alpha value is -0.0581. The van der Waals surface area contributed by atoms with Crippen molar-refractivity contribution in [3.8, 4) is 0 Å². The number of benzene rings is 1. The van der Waals surface area contributed by atoms with Gasteiger partial charge >= 0.3 is 0 Å². The Morgan fingerprint density at radius 1 is 1.18 bits per heavy atom. The molecule has 1 nitrogen and oxygen atoms in total. The molecule has 56 valence electrons. The number of hydrogen-bond donors (Lipinski definition) is 0. The van der Waals surface area contributed by atoms with Crippen LogP contribution in [0, 0.1) is 45.0 Å². The molecule has 1 aromatic carbocycles. The van der Waals surface area contributed by atoms with Crippen LogP contribution in [0.3, 0.4) is 0 Å². The quantitative estimate of drug-likeness (QED) is 0.688. The fourth-order valence-electron chi connectivity index (χ4n) is 0.805. The standard InChI is InChI=1S/C9H9O.U/c1-7-3-4-9(6-10)5-8(7)2;/h3-5H,1-2H3;/q-1;. The largest absolute Gasteiger partial charge is 0.376 e. The Bertz CT molecular complexity index is 256. The topological polar surface area (TPSA) is 17.1 Å². The minimum atomic E-state index is 0. The van der Waals surface area contributed by atoms with Gasteiger partial charge < -0.3 is 4.79 Å². The Balaban J connectivity index is 0.000001000. The van der Waals surface area contributed by atoms with Gasteiger partial charge in [0.2, 0.25) is 0 Å². The molecule has 11 heavy (non-hydrogen) atoms. The van der Waals surface area contributed by atoms with Crippen molar-refractivity contribution in [1.29, 1.82) is 0 Å². The van der Waals surface area contributed by atoms with E-state index >= 15 is 0 Å². The zero-order chi connectivity index (χ0) is 7.56. The van der Waals surface area contributed by atoms with Crippen LogP contribution in [-0.4, -0.2) is 6.29 Å². The van der Waals surface area contributed by atoms with Crippen LogP contribution in [0.2, 0.25) is 0 Å². The maximum Gasteiger partial charge on any atom is 0.0627 e. The zero-order valence-corrected chi connectivity index (χ0v) is 10.8. The van der Waals surface area contributed by atoms with E-state index in [-0.39, 0.29) is 31.1 Å². The second kappa shape index (κ2) is 4.75. The normalized spacial score (nSPS) is 8.55. The fraction of sp³-hybridized carbons (Fsp3) is 0.222. The van der Waals surface area contributed by atoms with Crippen LogP contribution in [-0.2, 0) is 4.79 Å². The van der Waals surface area contributed by atoms with Gasteiger partial charge in [-0.3, -0.25) is 0 Å². The first-order chi connectivity index (χ1) is 4.74. The molecule has 0 aromatic heterocycles. The van der Waals surface area contributed by atoms with Crippen molar-refractivity contribution in [2.45, 2.75) is 13.8 Å². The van der Waals surface area contributed by atoms with E-state index in [2.05, 4.69) is 0 Å². The fourth-order valence-corrected chi connectivity index (χ4v) is 0.805. The first kappa shape index (κ1) is 10.9. The van der Waals surface area contributed by atoms with Crippen molar-refractivity contribution >= 4 is 6.29 Å². The molecular formula is C9H9OU-. The van der Waals surface area contributed by atoms with Crippen LogP contribution in [0.1, 0.15) is 16.7 Å². The maximum atomic E-state index is 10.1. The van der Waals surface area contributed by atoms with Crippen LogP contribution in [0.25, 0.3) is 0 Å². The molecule has 1 aromatic rings. The van der Waals surface area contributed by atoms with E-state index in [0.29, 0.717) is 5.56 Å². The van der Waals surface area contributed by atoms with E-state index in [1.54, 1.807) is 6.07 Å². The molecule has 0 aliphatic carbocycles. The average molecular weight is 371 g/mol. The first-order valence-electron chi connectivity index (χ1n) is 3.19. The van der Waals surface area contributed by atoms with Crippen molar-refractivity contribution in [3.63, 3.8) is 0 Å². The zero-order valence-electron chi connectivity index (χ0n) is 6.64. The van der Waals surface area contributed by atoms with E-state index < -0.39 is 0 Å². The predicted molar refractivity (Wildman–Crippen MR) is 40.7 cm³/mol. The van der Waals surface area contributed by atoms with Crippen LogP contribution >= 0.6 is 0 Å². The van der Waals surface area contributed by atoms with Gasteiger partial charge in [0.15, 0.2) is 0 Å². The third-order valence-electron chi connectivity index (χ3n) is 1.62. The summed E-state index contributed by atoms with van der Waals surface area (Å²) >= 11 is 0. The summed E-state index contributed by atoms with van der Waals surface area (Å²) in [5.41, 5.74) is 2.97. The summed E-state index contributed by atoms with van der Waals surface area (Å²) in [5.74, 6) is 0. The van der Waals surface area contributed by atoms with Crippen LogP contribution < -0.4 is 0 Å². The van der Waals surface area contributed by atoms with Gasteiger partial charge in [0, 0.05) is 31.1 Å². The smallest absolute Gasteiger partial charge is 0.0627 e. The molecular weight excluding hydrogens is 362 g/mol. The molecule has 0 amide bonds. The van der Waals surface area contributed by atoms with Gasteiger partial charge in [-0.2, -0.15) is 17.7 Å². The first-order valence-corrected chi connectivity index (χ1v) is 3.19. The third-order valence-corrected chi connectivity index (χ3v) is 1.62. The number of aryl methyl sites for hydroxylation is 2. The SMILES string of the molecule is Cc1ccc([C-]=O)cc1C.[U]. The van der Waals surface area contributed by atoms with Gasteiger partial charge in [-0.25, -0.2) is 0 Å². The molecule has 0 saturated carbocycles.